The van der Waals surface area contributed by atoms with E-state index in [0.29, 0.717) is 24.4 Å². The Kier molecular flexibility index (Phi) is 5.77. The molecule has 2 aliphatic heterocycles. The SMILES string of the molecule is CN1C(=O)C(/C(N)=N/OCC(=O)Nc2cccc(N3CCCC3=O)c2)=C(N)C12CCCC2. The van der Waals surface area contributed by atoms with Crippen LogP contribution in [0.3, 0.4) is 0 Å². The second-order valence-corrected chi connectivity index (χ2v) is 8.39. The molecule has 1 aromatic rings. The van der Waals surface area contributed by atoms with Crippen LogP contribution in [0.25, 0.3) is 0 Å². The van der Waals surface area contributed by atoms with E-state index >= 15 is 0 Å². The molecule has 10 nitrogen and oxygen atoms in total. The highest BCUT2D eigenvalue weighted by Crippen LogP contribution is 2.44. The van der Waals surface area contributed by atoms with Gasteiger partial charge in [-0.2, -0.15) is 0 Å². The molecule has 3 amide bonds. The number of nitrogens with zero attached hydrogens (tertiary/aromatic N) is 3. The predicted molar refractivity (Wildman–Crippen MR) is 119 cm³/mol. The number of carbonyl (C=O) groups is 3. The fraction of sp³-hybridized carbons (Fsp3) is 0.455. The predicted octanol–water partition coefficient (Wildman–Crippen LogP) is 1.04. The van der Waals surface area contributed by atoms with Gasteiger partial charge in [-0.3, -0.25) is 14.4 Å². The number of amides is 3. The number of hydrogen-bond acceptors (Lipinski definition) is 6. The second kappa shape index (κ2) is 8.52. The Morgan fingerprint density at radius 3 is 2.69 bits per heavy atom. The largest absolute Gasteiger partial charge is 0.399 e. The molecule has 0 unspecified atom stereocenters. The van der Waals surface area contributed by atoms with Crippen LogP contribution >= 0.6 is 0 Å². The van der Waals surface area contributed by atoms with Crippen molar-refractivity contribution in [2.75, 3.05) is 30.4 Å². The van der Waals surface area contributed by atoms with Gasteiger partial charge < -0.3 is 31.4 Å². The minimum atomic E-state index is -0.494. The Hall–Kier alpha value is -3.56. The van der Waals surface area contributed by atoms with E-state index in [1.165, 1.54) is 0 Å². The van der Waals surface area contributed by atoms with Crippen LogP contribution in [0.15, 0.2) is 40.7 Å². The van der Waals surface area contributed by atoms with Crippen molar-refractivity contribution in [2.24, 2.45) is 16.6 Å². The van der Waals surface area contributed by atoms with Gasteiger partial charge in [-0.1, -0.05) is 24.1 Å². The average Bonchev–Trinajstić information content (AvgIpc) is 3.46. The lowest BCUT2D eigenvalue weighted by Gasteiger charge is -2.33. The van der Waals surface area contributed by atoms with Crippen LogP contribution in [0.5, 0.6) is 0 Å². The standard InChI is InChI=1S/C22H28N6O4/c1-27-21(31)18(19(23)22(27)9-2-3-10-22)20(24)26-32-13-16(29)25-14-6-4-7-15(12-14)28-11-5-8-17(28)30/h4,6-7,12H,2-3,5,8-11,13,23H2,1H3,(H2,24,26)(H,25,29). The summed E-state index contributed by atoms with van der Waals surface area (Å²) in [4.78, 5) is 45.3. The lowest BCUT2D eigenvalue weighted by atomic mass is 9.93. The normalized spacial score (nSPS) is 20.6. The first-order valence-electron chi connectivity index (χ1n) is 10.8. The van der Waals surface area contributed by atoms with E-state index in [9.17, 15) is 14.4 Å². The minimum absolute atomic E-state index is 0.0710. The summed E-state index contributed by atoms with van der Waals surface area (Å²) in [7, 11) is 1.72. The molecule has 2 heterocycles. The molecule has 4 rings (SSSR count). The van der Waals surface area contributed by atoms with Crippen molar-refractivity contribution in [3.05, 3.63) is 35.5 Å². The number of rotatable bonds is 6. The van der Waals surface area contributed by atoms with Gasteiger partial charge in [0.05, 0.1) is 11.2 Å². The fourth-order valence-corrected chi connectivity index (χ4v) is 4.78. The summed E-state index contributed by atoms with van der Waals surface area (Å²) in [6.07, 6.45) is 4.93. The van der Waals surface area contributed by atoms with Crippen LogP contribution in [-0.4, -0.2) is 54.2 Å². The first-order chi connectivity index (χ1) is 15.3. The molecule has 10 heteroatoms. The first-order valence-corrected chi connectivity index (χ1v) is 10.8. The highest BCUT2D eigenvalue weighted by Gasteiger charge is 2.51. The molecule has 170 valence electrons. The van der Waals surface area contributed by atoms with Gasteiger partial charge in [-0.05, 0) is 37.5 Å². The summed E-state index contributed by atoms with van der Waals surface area (Å²) in [6.45, 7) is 0.275. The molecule has 32 heavy (non-hydrogen) atoms. The Balaban J connectivity index is 1.37. The van der Waals surface area contributed by atoms with Crippen LogP contribution in [0, 0.1) is 0 Å². The zero-order valence-corrected chi connectivity index (χ0v) is 18.1. The van der Waals surface area contributed by atoms with E-state index in [1.54, 1.807) is 35.0 Å². The number of anilines is 2. The smallest absolute Gasteiger partial charge is 0.265 e. The highest BCUT2D eigenvalue weighted by molar-refractivity contribution is 6.22. The molecule has 1 aliphatic carbocycles. The quantitative estimate of drug-likeness (QED) is 0.343. The summed E-state index contributed by atoms with van der Waals surface area (Å²) in [6, 6.07) is 7.05. The number of nitrogens with two attached hydrogens (primary N) is 2. The lowest BCUT2D eigenvalue weighted by molar-refractivity contribution is -0.127. The molecule has 1 aromatic carbocycles. The molecule has 2 fully saturated rings. The molecule has 0 aromatic heterocycles. The molecular weight excluding hydrogens is 412 g/mol. The van der Waals surface area contributed by atoms with Crippen LogP contribution < -0.4 is 21.7 Å². The second-order valence-electron chi connectivity index (χ2n) is 8.39. The van der Waals surface area contributed by atoms with Gasteiger partial charge in [0.15, 0.2) is 12.4 Å². The van der Waals surface area contributed by atoms with Crippen molar-refractivity contribution >= 4 is 34.9 Å². The summed E-state index contributed by atoms with van der Waals surface area (Å²) >= 11 is 0. The number of oxime groups is 1. The molecular formula is C22H28N6O4. The topological polar surface area (TPSA) is 143 Å². The van der Waals surface area contributed by atoms with Gasteiger partial charge in [-0.25, -0.2) is 0 Å². The van der Waals surface area contributed by atoms with E-state index < -0.39 is 18.1 Å². The van der Waals surface area contributed by atoms with Crippen LogP contribution in [0.2, 0.25) is 0 Å². The number of likely N-dealkylation sites (N-methyl/N-ethyl adjacent to an activating group) is 1. The third-order valence-corrected chi connectivity index (χ3v) is 6.49. The maximum absolute atomic E-state index is 12.7. The zero-order valence-electron chi connectivity index (χ0n) is 18.1. The van der Waals surface area contributed by atoms with Crippen molar-refractivity contribution in [2.45, 2.75) is 44.1 Å². The molecule has 0 radical (unpaired) electrons. The molecule has 3 aliphatic rings. The van der Waals surface area contributed by atoms with Gasteiger partial charge in [0.25, 0.3) is 11.8 Å². The number of nitrogens with one attached hydrogen (secondary N) is 1. The Morgan fingerprint density at radius 2 is 2.00 bits per heavy atom. The van der Waals surface area contributed by atoms with Gasteiger partial charge in [0.1, 0.15) is 5.57 Å². The fourth-order valence-electron chi connectivity index (χ4n) is 4.78. The third kappa shape index (κ3) is 3.76. The van der Waals surface area contributed by atoms with E-state index in [0.717, 1.165) is 37.8 Å². The highest BCUT2D eigenvalue weighted by atomic mass is 16.6. The van der Waals surface area contributed by atoms with Crippen molar-refractivity contribution in [3.8, 4) is 0 Å². The molecule has 5 N–H and O–H groups in total. The van der Waals surface area contributed by atoms with Gasteiger partial charge in [0.2, 0.25) is 5.91 Å². The van der Waals surface area contributed by atoms with Crippen LogP contribution in [0.4, 0.5) is 11.4 Å². The van der Waals surface area contributed by atoms with E-state index in [-0.39, 0.29) is 23.2 Å². The zero-order chi connectivity index (χ0) is 22.9. The van der Waals surface area contributed by atoms with Crippen molar-refractivity contribution in [3.63, 3.8) is 0 Å². The number of benzene rings is 1. The van der Waals surface area contributed by atoms with E-state index in [1.807, 2.05) is 6.07 Å². The van der Waals surface area contributed by atoms with Gasteiger partial charge in [0, 0.05) is 31.4 Å². The maximum Gasteiger partial charge on any atom is 0.265 e. The first kappa shape index (κ1) is 21.7. The molecule has 1 saturated carbocycles. The average molecular weight is 441 g/mol. The van der Waals surface area contributed by atoms with E-state index in [4.69, 9.17) is 16.3 Å². The van der Waals surface area contributed by atoms with Crippen molar-refractivity contribution in [1.82, 2.24) is 4.90 Å². The summed E-state index contributed by atoms with van der Waals surface area (Å²) in [5, 5.41) is 6.47. The number of hydrogen-bond donors (Lipinski definition) is 3. The monoisotopic (exact) mass is 440 g/mol. The molecule has 1 saturated heterocycles. The van der Waals surface area contributed by atoms with E-state index in [2.05, 4.69) is 10.5 Å². The lowest BCUT2D eigenvalue weighted by Crippen LogP contribution is -2.45. The van der Waals surface area contributed by atoms with Crippen molar-refractivity contribution in [1.29, 1.82) is 0 Å². The molecule has 0 bridgehead atoms. The maximum atomic E-state index is 12.7. The Bertz CT molecular complexity index is 1010. The summed E-state index contributed by atoms with van der Waals surface area (Å²) < 4.78 is 0. The van der Waals surface area contributed by atoms with Gasteiger partial charge >= 0.3 is 0 Å². The van der Waals surface area contributed by atoms with Crippen molar-refractivity contribution < 1.29 is 19.2 Å². The Labute approximate surface area is 186 Å². The summed E-state index contributed by atoms with van der Waals surface area (Å²) in [5.41, 5.74) is 13.6. The van der Waals surface area contributed by atoms with Crippen LogP contribution in [0.1, 0.15) is 38.5 Å². The number of amidine groups is 1. The third-order valence-electron chi connectivity index (χ3n) is 6.49. The van der Waals surface area contributed by atoms with Crippen LogP contribution in [-0.2, 0) is 19.2 Å². The molecule has 0 atom stereocenters. The number of carbonyl (C=O) groups excluding carboxylic acids is 3. The minimum Gasteiger partial charge on any atom is -0.399 e. The summed E-state index contributed by atoms with van der Waals surface area (Å²) in [5.74, 6) is -0.797. The molecule has 1 spiro atoms. The Morgan fingerprint density at radius 1 is 1.25 bits per heavy atom. The van der Waals surface area contributed by atoms with Gasteiger partial charge in [-0.15, -0.1) is 0 Å².